The van der Waals surface area contributed by atoms with Crippen LogP contribution in [0.3, 0.4) is 0 Å². The zero-order valence-electron chi connectivity index (χ0n) is 9.92. The first-order chi connectivity index (χ1) is 9.03. The van der Waals surface area contributed by atoms with E-state index in [0.29, 0.717) is 11.5 Å². The van der Waals surface area contributed by atoms with Gasteiger partial charge < -0.3 is 5.32 Å². The number of nitrogens with zero attached hydrogens (tertiary/aromatic N) is 2. The lowest BCUT2D eigenvalue weighted by Gasteiger charge is -2.07. The average Bonchev–Trinajstić information content (AvgIpc) is 2.89. The number of thiazole rings is 1. The number of nitrogens with one attached hydrogen (secondary N) is 2. The molecule has 0 fully saturated rings. The maximum Gasteiger partial charge on any atom is 0.242 e. The third kappa shape index (κ3) is 3.41. The molecule has 0 radical (unpaired) electrons. The Morgan fingerprint density at radius 2 is 2.21 bits per heavy atom. The number of aromatic nitrogens is 2. The Morgan fingerprint density at radius 3 is 2.79 bits per heavy atom. The van der Waals surface area contributed by atoms with E-state index in [4.69, 9.17) is 11.6 Å². The topological polar surface area (TPSA) is 84.0 Å². The zero-order chi connectivity index (χ0) is 13.9. The Labute approximate surface area is 119 Å². The Kier molecular flexibility index (Phi) is 4.35. The van der Waals surface area contributed by atoms with Gasteiger partial charge in [-0.25, -0.2) is 23.1 Å². The highest BCUT2D eigenvalue weighted by Gasteiger charge is 2.16. The van der Waals surface area contributed by atoms with Crippen LogP contribution in [0, 0.1) is 0 Å². The summed E-state index contributed by atoms with van der Waals surface area (Å²) in [5.74, 6) is 0.431. The van der Waals surface area contributed by atoms with Crippen molar-refractivity contribution in [1.82, 2.24) is 14.7 Å². The highest BCUT2D eigenvalue weighted by Crippen LogP contribution is 2.21. The maximum atomic E-state index is 12.0. The van der Waals surface area contributed by atoms with Crippen molar-refractivity contribution in [3.05, 3.63) is 33.9 Å². The van der Waals surface area contributed by atoms with E-state index in [1.165, 1.54) is 23.6 Å². The van der Waals surface area contributed by atoms with E-state index in [-0.39, 0.29) is 16.5 Å². The lowest BCUT2D eigenvalue weighted by molar-refractivity contribution is 0.580. The molecule has 0 saturated heterocycles. The minimum atomic E-state index is -3.64. The smallest absolute Gasteiger partial charge is 0.242 e. The summed E-state index contributed by atoms with van der Waals surface area (Å²) in [6.07, 6.45) is 1.25. The number of hydrogen-bond donors (Lipinski definition) is 2. The van der Waals surface area contributed by atoms with Crippen LogP contribution < -0.4 is 10.0 Å². The molecule has 2 aromatic rings. The summed E-state index contributed by atoms with van der Waals surface area (Å²) in [5.41, 5.74) is 2.31. The van der Waals surface area contributed by atoms with Crippen LogP contribution in [-0.4, -0.2) is 25.4 Å². The minimum Gasteiger partial charge on any atom is -0.372 e. The number of halogens is 1. The van der Waals surface area contributed by atoms with Gasteiger partial charge in [-0.1, -0.05) is 11.6 Å². The molecule has 19 heavy (non-hydrogen) atoms. The molecule has 2 N–H and O–H groups in total. The first kappa shape index (κ1) is 14.2. The number of sulfonamides is 1. The Hall–Kier alpha value is -1.22. The monoisotopic (exact) mass is 318 g/mol. The Balaban J connectivity index is 2.17. The molecule has 0 aromatic carbocycles. The second kappa shape index (κ2) is 5.83. The maximum absolute atomic E-state index is 12.0. The highest BCUT2D eigenvalue weighted by atomic mass is 35.5. The Morgan fingerprint density at radius 1 is 1.42 bits per heavy atom. The molecule has 0 spiro atoms. The van der Waals surface area contributed by atoms with E-state index in [1.807, 2.05) is 0 Å². The van der Waals surface area contributed by atoms with Crippen LogP contribution in [0.15, 0.2) is 28.0 Å². The molecule has 0 amide bonds. The minimum absolute atomic E-state index is 0.0201. The van der Waals surface area contributed by atoms with Crippen molar-refractivity contribution in [2.24, 2.45) is 0 Å². The second-order valence-corrected chi connectivity index (χ2v) is 6.45. The molecule has 6 nitrogen and oxygen atoms in total. The van der Waals surface area contributed by atoms with Crippen molar-refractivity contribution in [1.29, 1.82) is 0 Å². The fourth-order valence-electron chi connectivity index (χ4n) is 1.33. The first-order valence-electron chi connectivity index (χ1n) is 5.23. The van der Waals surface area contributed by atoms with E-state index in [0.717, 1.165) is 0 Å². The first-order valence-corrected chi connectivity index (χ1v) is 8.03. The fraction of sp³-hybridized carbons (Fsp3) is 0.200. The van der Waals surface area contributed by atoms with Gasteiger partial charge in [0, 0.05) is 18.6 Å². The molecule has 0 aliphatic carbocycles. The van der Waals surface area contributed by atoms with E-state index in [9.17, 15) is 8.42 Å². The number of rotatable bonds is 5. The van der Waals surface area contributed by atoms with Gasteiger partial charge in [-0.3, -0.25) is 0 Å². The SMILES string of the molecule is CNc1ncc(S(=O)(=O)NCc2cscn2)cc1Cl. The quantitative estimate of drug-likeness (QED) is 0.877. The molecule has 0 aliphatic heterocycles. The van der Waals surface area contributed by atoms with Gasteiger partial charge in [0.1, 0.15) is 10.7 Å². The molecule has 0 bridgehead atoms. The third-order valence-corrected chi connectivity index (χ3v) is 4.58. The summed E-state index contributed by atoms with van der Waals surface area (Å²) in [6, 6.07) is 1.35. The van der Waals surface area contributed by atoms with Crippen LogP contribution >= 0.6 is 22.9 Å². The summed E-state index contributed by atoms with van der Waals surface area (Å²) in [7, 11) is -1.99. The average molecular weight is 319 g/mol. The van der Waals surface area contributed by atoms with Gasteiger partial charge in [0.15, 0.2) is 0 Å². The van der Waals surface area contributed by atoms with Gasteiger partial charge in [-0.05, 0) is 6.07 Å². The Bertz CT molecular complexity index is 658. The molecular formula is C10H11ClN4O2S2. The van der Waals surface area contributed by atoms with Crippen molar-refractivity contribution < 1.29 is 8.42 Å². The van der Waals surface area contributed by atoms with Gasteiger partial charge in [-0.2, -0.15) is 0 Å². The fourth-order valence-corrected chi connectivity index (χ4v) is 3.18. The van der Waals surface area contributed by atoms with Gasteiger partial charge in [-0.15, -0.1) is 11.3 Å². The van der Waals surface area contributed by atoms with Crippen molar-refractivity contribution in [3.63, 3.8) is 0 Å². The zero-order valence-corrected chi connectivity index (χ0v) is 12.3. The van der Waals surface area contributed by atoms with Crippen LogP contribution in [0.5, 0.6) is 0 Å². The third-order valence-electron chi connectivity index (χ3n) is 2.29. The predicted octanol–water partition coefficient (Wildman–Crippen LogP) is 1.71. The summed E-state index contributed by atoms with van der Waals surface area (Å²) in [6.45, 7) is 0.136. The summed E-state index contributed by atoms with van der Waals surface area (Å²) >= 11 is 7.31. The molecule has 2 heterocycles. The largest absolute Gasteiger partial charge is 0.372 e. The van der Waals surface area contributed by atoms with Crippen molar-refractivity contribution in [3.8, 4) is 0 Å². The van der Waals surface area contributed by atoms with Crippen LogP contribution in [-0.2, 0) is 16.6 Å². The van der Waals surface area contributed by atoms with Gasteiger partial charge in [0.05, 0.1) is 22.8 Å². The predicted molar refractivity (Wildman–Crippen MR) is 74.9 cm³/mol. The molecule has 0 unspecified atom stereocenters. The highest BCUT2D eigenvalue weighted by molar-refractivity contribution is 7.89. The standard InChI is InChI=1S/C10H11ClN4O2S2/c1-12-10-9(11)2-8(4-13-10)19(16,17)15-3-7-5-18-6-14-7/h2,4-6,15H,3H2,1H3,(H,12,13). The van der Waals surface area contributed by atoms with Crippen LogP contribution in [0.4, 0.5) is 5.82 Å². The number of anilines is 1. The molecular weight excluding hydrogens is 308 g/mol. The second-order valence-electron chi connectivity index (χ2n) is 3.56. The molecule has 0 atom stereocenters. The van der Waals surface area contributed by atoms with E-state index in [2.05, 4.69) is 20.0 Å². The van der Waals surface area contributed by atoms with E-state index in [1.54, 1.807) is 17.9 Å². The van der Waals surface area contributed by atoms with Crippen molar-refractivity contribution >= 4 is 38.8 Å². The molecule has 9 heteroatoms. The van der Waals surface area contributed by atoms with Crippen LogP contribution in [0.1, 0.15) is 5.69 Å². The lowest BCUT2D eigenvalue weighted by atomic mass is 10.4. The molecule has 0 saturated carbocycles. The summed E-state index contributed by atoms with van der Waals surface area (Å²) in [4.78, 5) is 7.95. The molecule has 102 valence electrons. The van der Waals surface area contributed by atoms with E-state index < -0.39 is 10.0 Å². The molecule has 2 rings (SSSR count). The number of hydrogen-bond acceptors (Lipinski definition) is 6. The van der Waals surface area contributed by atoms with E-state index >= 15 is 0 Å². The van der Waals surface area contributed by atoms with Crippen LogP contribution in [0.25, 0.3) is 0 Å². The molecule has 0 aliphatic rings. The van der Waals surface area contributed by atoms with Crippen molar-refractivity contribution in [2.75, 3.05) is 12.4 Å². The summed E-state index contributed by atoms with van der Waals surface area (Å²) < 4.78 is 26.5. The van der Waals surface area contributed by atoms with Gasteiger partial charge >= 0.3 is 0 Å². The normalized spacial score (nSPS) is 11.5. The number of pyridine rings is 1. The summed E-state index contributed by atoms with van der Waals surface area (Å²) in [5, 5.41) is 4.79. The van der Waals surface area contributed by atoms with Crippen molar-refractivity contribution in [2.45, 2.75) is 11.4 Å². The van der Waals surface area contributed by atoms with Gasteiger partial charge in [0.25, 0.3) is 0 Å². The van der Waals surface area contributed by atoms with Crippen LogP contribution in [0.2, 0.25) is 5.02 Å². The lowest BCUT2D eigenvalue weighted by Crippen LogP contribution is -2.23. The van der Waals surface area contributed by atoms with Gasteiger partial charge in [0.2, 0.25) is 10.0 Å². The molecule has 2 aromatic heterocycles.